The van der Waals surface area contributed by atoms with Gasteiger partial charge in [-0.2, -0.15) is 0 Å². The molecule has 0 radical (unpaired) electrons. The number of hydrogen-bond acceptors (Lipinski definition) is 1. The number of benzene rings is 9. The molecule has 0 unspecified atom stereocenters. The highest BCUT2D eigenvalue weighted by molar-refractivity contribution is 7.99. The Balaban J connectivity index is 1.06. The Hall–Kier alpha value is -6.09. The predicted octanol–water partition coefficient (Wildman–Crippen LogP) is 13.7. The van der Waals surface area contributed by atoms with Crippen LogP contribution in [-0.2, 0) is 0 Å². The summed E-state index contributed by atoms with van der Waals surface area (Å²) in [5.41, 5.74) is 11.3. The van der Waals surface area contributed by atoms with Crippen LogP contribution >= 0.6 is 11.8 Å². The normalized spacial score (nSPS) is 12.3. The summed E-state index contributed by atoms with van der Waals surface area (Å²) in [4.78, 5) is 2.66. The molecule has 0 spiro atoms. The summed E-state index contributed by atoms with van der Waals surface area (Å²) in [5, 5.41) is 10.3. The van der Waals surface area contributed by atoms with Crippen LogP contribution in [0.25, 0.3) is 93.2 Å². The molecule has 0 atom stereocenters. The second-order valence-electron chi connectivity index (χ2n) is 13.3. The Morgan fingerprint density at radius 1 is 0.340 bits per heavy atom. The van der Waals surface area contributed by atoms with E-state index < -0.39 is 0 Å². The van der Waals surface area contributed by atoms with Gasteiger partial charge in [-0.3, -0.25) is 0 Å². The Morgan fingerprint density at radius 2 is 0.960 bits per heavy atom. The molecule has 2 heteroatoms. The Morgan fingerprint density at radius 3 is 1.72 bits per heavy atom. The Bertz CT molecular complexity index is 2910. The zero-order valence-corrected chi connectivity index (χ0v) is 27.9. The highest BCUT2D eigenvalue weighted by atomic mass is 32.2. The second kappa shape index (κ2) is 10.7. The number of fused-ring (bicyclic) bond motifs is 9. The van der Waals surface area contributed by atoms with Crippen LogP contribution in [0.4, 0.5) is 0 Å². The average molecular weight is 652 g/mol. The van der Waals surface area contributed by atoms with Gasteiger partial charge in [-0.25, -0.2) is 0 Å². The fourth-order valence-electron chi connectivity index (χ4n) is 8.30. The van der Waals surface area contributed by atoms with E-state index in [4.69, 9.17) is 0 Å². The Kier molecular flexibility index (Phi) is 5.96. The summed E-state index contributed by atoms with van der Waals surface area (Å²) < 4.78 is 2.49. The van der Waals surface area contributed by atoms with Crippen molar-refractivity contribution in [1.82, 2.24) is 4.57 Å². The highest BCUT2D eigenvalue weighted by Crippen LogP contribution is 2.49. The number of hydrogen-bond donors (Lipinski definition) is 0. The second-order valence-corrected chi connectivity index (χ2v) is 14.4. The van der Waals surface area contributed by atoms with E-state index in [-0.39, 0.29) is 0 Å². The van der Waals surface area contributed by atoms with Crippen molar-refractivity contribution in [3.8, 4) is 39.1 Å². The van der Waals surface area contributed by atoms with Crippen LogP contribution in [0.5, 0.6) is 0 Å². The van der Waals surface area contributed by atoms with Crippen LogP contribution in [-0.4, -0.2) is 4.57 Å². The van der Waals surface area contributed by atoms with E-state index in [9.17, 15) is 0 Å². The van der Waals surface area contributed by atoms with Gasteiger partial charge in [-0.05, 0) is 79.9 Å². The molecule has 1 aliphatic rings. The minimum atomic E-state index is 1.17. The summed E-state index contributed by atoms with van der Waals surface area (Å²) in [5.74, 6) is 0. The van der Waals surface area contributed by atoms with Crippen LogP contribution in [0.3, 0.4) is 0 Å². The molecule has 0 N–H and O–H groups in total. The Labute approximate surface area is 294 Å². The molecule has 2 heterocycles. The van der Waals surface area contributed by atoms with E-state index in [0.717, 1.165) is 0 Å². The van der Waals surface area contributed by atoms with Gasteiger partial charge in [0.1, 0.15) is 0 Å². The van der Waals surface area contributed by atoms with Crippen LogP contribution in [0, 0.1) is 0 Å². The maximum Gasteiger partial charge on any atom is 0.0619 e. The lowest BCUT2D eigenvalue weighted by Crippen LogP contribution is -1.95. The number of nitrogens with zero attached hydrogens (tertiary/aromatic N) is 1. The van der Waals surface area contributed by atoms with Gasteiger partial charge in [-0.15, -0.1) is 0 Å². The van der Waals surface area contributed by atoms with Gasteiger partial charge in [0.2, 0.25) is 0 Å². The maximum atomic E-state index is 2.49. The molecule has 0 aliphatic carbocycles. The first kappa shape index (κ1) is 27.8. The molecule has 0 saturated carbocycles. The van der Waals surface area contributed by atoms with Gasteiger partial charge in [0.05, 0.1) is 11.0 Å². The van der Waals surface area contributed by atoms with Gasteiger partial charge in [0.25, 0.3) is 0 Å². The lowest BCUT2D eigenvalue weighted by molar-refractivity contribution is 1.19. The first-order chi connectivity index (χ1) is 24.8. The van der Waals surface area contributed by atoms with Crippen LogP contribution in [0.1, 0.15) is 0 Å². The first-order valence-corrected chi connectivity index (χ1v) is 18.0. The third kappa shape index (κ3) is 4.03. The number of rotatable bonds is 3. The zero-order chi connectivity index (χ0) is 32.8. The first-order valence-electron chi connectivity index (χ1n) is 17.2. The monoisotopic (exact) mass is 651 g/mol. The van der Waals surface area contributed by atoms with E-state index in [2.05, 4.69) is 180 Å². The van der Waals surface area contributed by atoms with Gasteiger partial charge < -0.3 is 4.57 Å². The molecule has 232 valence electrons. The smallest absolute Gasteiger partial charge is 0.0619 e. The summed E-state index contributed by atoms with van der Waals surface area (Å²) >= 11 is 1.88. The minimum absolute atomic E-state index is 1.17. The van der Waals surface area contributed by atoms with Gasteiger partial charge in [0, 0.05) is 42.4 Å². The molecule has 1 aromatic heterocycles. The molecule has 10 aromatic rings. The molecule has 50 heavy (non-hydrogen) atoms. The summed E-state index contributed by atoms with van der Waals surface area (Å²) in [6.45, 7) is 0. The topological polar surface area (TPSA) is 4.93 Å². The largest absolute Gasteiger partial charge is 0.308 e. The summed E-state index contributed by atoms with van der Waals surface area (Å²) in [7, 11) is 0. The molecule has 1 aliphatic heterocycles. The van der Waals surface area contributed by atoms with Gasteiger partial charge in [-0.1, -0.05) is 157 Å². The van der Waals surface area contributed by atoms with Crippen molar-refractivity contribution < 1.29 is 0 Å². The van der Waals surface area contributed by atoms with Crippen molar-refractivity contribution in [1.29, 1.82) is 0 Å². The van der Waals surface area contributed by atoms with Crippen LogP contribution in [0.15, 0.2) is 186 Å². The number of aromatic nitrogens is 1. The zero-order valence-electron chi connectivity index (χ0n) is 27.1. The van der Waals surface area contributed by atoms with Crippen LogP contribution < -0.4 is 0 Å². The molecular weight excluding hydrogens is 623 g/mol. The maximum absolute atomic E-state index is 2.49. The summed E-state index contributed by atoms with van der Waals surface area (Å²) in [6, 6.07) is 65.0. The molecule has 1 nitrogen and oxygen atoms in total. The van der Waals surface area contributed by atoms with Crippen molar-refractivity contribution in [2.75, 3.05) is 0 Å². The highest BCUT2D eigenvalue weighted by Gasteiger charge is 2.21. The van der Waals surface area contributed by atoms with E-state index >= 15 is 0 Å². The van der Waals surface area contributed by atoms with E-state index in [1.54, 1.807) is 0 Å². The van der Waals surface area contributed by atoms with Gasteiger partial charge >= 0.3 is 0 Å². The molecule has 0 bridgehead atoms. The van der Waals surface area contributed by atoms with Crippen molar-refractivity contribution in [3.63, 3.8) is 0 Å². The van der Waals surface area contributed by atoms with Crippen LogP contribution in [0.2, 0.25) is 0 Å². The molecule has 0 saturated heterocycles. The minimum Gasteiger partial charge on any atom is -0.308 e. The van der Waals surface area contributed by atoms with Crippen molar-refractivity contribution in [2.24, 2.45) is 0 Å². The van der Waals surface area contributed by atoms with E-state index in [0.29, 0.717) is 0 Å². The molecule has 11 rings (SSSR count). The quantitative estimate of drug-likeness (QED) is 0.184. The summed E-state index contributed by atoms with van der Waals surface area (Å²) in [6.07, 6.45) is 0. The SMILES string of the molecule is c1cc(-c2ccc(-n3c4c5ccccc5ccc4c4ccc5ccccc5c43)cc2)cc(-c2ccc3c4c(cccc24)-c2ccccc2S3)c1. The predicted molar refractivity (Wildman–Crippen MR) is 214 cm³/mol. The third-order valence-corrected chi connectivity index (χ3v) is 11.7. The van der Waals surface area contributed by atoms with Crippen molar-refractivity contribution in [3.05, 3.63) is 176 Å². The van der Waals surface area contributed by atoms with Crippen molar-refractivity contribution >= 4 is 65.9 Å². The fourth-order valence-corrected chi connectivity index (χ4v) is 9.43. The molecular formula is C48H29NS. The van der Waals surface area contributed by atoms with E-state index in [1.165, 1.54) is 103 Å². The average Bonchev–Trinajstić information content (AvgIpc) is 3.54. The van der Waals surface area contributed by atoms with E-state index in [1.807, 2.05) is 11.8 Å². The fraction of sp³-hybridized carbons (Fsp3) is 0. The molecule has 9 aromatic carbocycles. The third-order valence-electron chi connectivity index (χ3n) is 10.6. The lowest BCUT2D eigenvalue weighted by atomic mass is 9.91. The standard InChI is InChI=1S/C48H29NS/c1-3-13-37-31(9-1)21-25-42-43-26-22-32-10-2-4-14-38(32)48(43)49(47(37)42)35-23-19-30(20-24-35)33-11-7-12-34(29-33)36-27-28-45-46-40(36)16-8-17-41(46)39-15-5-6-18-44(39)50-45/h1-29H. The van der Waals surface area contributed by atoms with Gasteiger partial charge in [0.15, 0.2) is 0 Å². The van der Waals surface area contributed by atoms with Crippen molar-refractivity contribution in [2.45, 2.75) is 9.79 Å². The molecule has 0 fully saturated rings. The lowest BCUT2D eigenvalue weighted by Gasteiger charge is -2.21. The molecule has 0 amide bonds.